The Morgan fingerprint density at radius 1 is 1.14 bits per heavy atom. The van der Waals surface area contributed by atoms with E-state index in [1.807, 2.05) is 0 Å². The molecule has 1 heterocycles. The van der Waals surface area contributed by atoms with Gasteiger partial charge in [-0.3, -0.25) is 4.79 Å². The lowest BCUT2D eigenvalue weighted by molar-refractivity contribution is -0.127. The molecule has 0 fully saturated rings. The minimum absolute atomic E-state index is 0.0403. The maximum Gasteiger partial charge on any atom is 0.336 e. The van der Waals surface area contributed by atoms with Crippen molar-refractivity contribution in [1.29, 1.82) is 0 Å². The van der Waals surface area contributed by atoms with Crippen LogP contribution in [0.15, 0.2) is 68.7 Å². The second-order valence-electron chi connectivity index (χ2n) is 6.44. The summed E-state index contributed by atoms with van der Waals surface area (Å²) in [4.78, 5) is 23.6. The van der Waals surface area contributed by atoms with E-state index in [0.29, 0.717) is 24.3 Å². The smallest absolute Gasteiger partial charge is 0.336 e. The molecule has 0 aliphatic heterocycles. The Hall–Kier alpha value is -3.17. The van der Waals surface area contributed by atoms with Gasteiger partial charge >= 0.3 is 5.63 Å². The zero-order valence-corrected chi connectivity index (χ0v) is 16.4. The fourth-order valence-corrected chi connectivity index (χ4v) is 3.21. The van der Waals surface area contributed by atoms with Crippen LogP contribution in [0.1, 0.15) is 12.5 Å². The van der Waals surface area contributed by atoms with Crippen LogP contribution in [0.5, 0.6) is 5.75 Å². The molecule has 2 aromatic carbocycles. The van der Waals surface area contributed by atoms with Crippen LogP contribution >= 0.6 is 0 Å². The van der Waals surface area contributed by atoms with Crippen LogP contribution in [-0.4, -0.2) is 27.0 Å². The van der Waals surface area contributed by atoms with Crippen molar-refractivity contribution in [3.63, 3.8) is 0 Å². The SMILES string of the molecule is CC(Oc1ccc2ccc(=O)oc2c1)C(=O)NCCc1ccc(S(N)(=O)=O)cc1. The third kappa shape index (κ3) is 5.43. The molecular formula is C20H20N2O6S. The Kier molecular flexibility index (Phi) is 6.00. The summed E-state index contributed by atoms with van der Waals surface area (Å²) < 4.78 is 33.2. The van der Waals surface area contributed by atoms with Gasteiger partial charge in [-0.25, -0.2) is 18.4 Å². The van der Waals surface area contributed by atoms with Crippen LogP contribution in [0.4, 0.5) is 0 Å². The normalized spacial score (nSPS) is 12.5. The molecular weight excluding hydrogens is 396 g/mol. The molecule has 0 radical (unpaired) electrons. The van der Waals surface area contributed by atoms with Crippen LogP contribution < -0.4 is 20.8 Å². The summed E-state index contributed by atoms with van der Waals surface area (Å²) in [6.07, 6.45) is -0.238. The van der Waals surface area contributed by atoms with E-state index < -0.39 is 21.8 Å². The van der Waals surface area contributed by atoms with Gasteiger partial charge in [0.05, 0.1) is 4.90 Å². The maximum absolute atomic E-state index is 12.2. The molecule has 0 aliphatic rings. The van der Waals surface area contributed by atoms with Crippen LogP contribution in [0.25, 0.3) is 11.0 Å². The van der Waals surface area contributed by atoms with Gasteiger partial charge in [-0.05, 0) is 49.2 Å². The molecule has 1 unspecified atom stereocenters. The highest BCUT2D eigenvalue weighted by atomic mass is 32.2. The summed E-state index contributed by atoms with van der Waals surface area (Å²) in [5.41, 5.74) is 0.777. The van der Waals surface area contributed by atoms with Gasteiger partial charge in [0.2, 0.25) is 10.0 Å². The van der Waals surface area contributed by atoms with Gasteiger partial charge in [0.1, 0.15) is 11.3 Å². The molecule has 3 aromatic rings. The lowest BCUT2D eigenvalue weighted by Crippen LogP contribution is -2.37. The largest absolute Gasteiger partial charge is 0.481 e. The molecule has 0 aliphatic carbocycles. The van der Waals surface area contributed by atoms with Gasteiger partial charge in [0.25, 0.3) is 5.91 Å². The number of benzene rings is 2. The molecule has 1 atom stereocenters. The molecule has 0 saturated carbocycles. The Balaban J connectivity index is 1.53. The molecule has 0 spiro atoms. The van der Waals surface area contributed by atoms with Crippen molar-refractivity contribution < 1.29 is 22.4 Å². The zero-order chi connectivity index (χ0) is 21.0. The summed E-state index contributed by atoms with van der Waals surface area (Å²) in [7, 11) is -3.72. The predicted octanol–water partition coefficient (Wildman–Crippen LogP) is 1.57. The number of nitrogens with one attached hydrogen (secondary N) is 1. The third-order valence-corrected chi connectivity index (χ3v) is 5.17. The number of carbonyl (C=O) groups is 1. The molecule has 9 heteroatoms. The number of primary sulfonamides is 1. The number of hydrogen-bond acceptors (Lipinski definition) is 6. The lowest BCUT2D eigenvalue weighted by atomic mass is 10.1. The van der Waals surface area contributed by atoms with E-state index in [1.165, 1.54) is 18.2 Å². The topological polar surface area (TPSA) is 129 Å². The van der Waals surface area contributed by atoms with E-state index >= 15 is 0 Å². The Labute approximate surface area is 167 Å². The minimum atomic E-state index is -3.72. The lowest BCUT2D eigenvalue weighted by Gasteiger charge is -2.15. The fourth-order valence-electron chi connectivity index (χ4n) is 2.69. The summed E-state index contributed by atoms with van der Waals surface area (Å²) in [5.74, 6) is 0.105. The zero-order valence-electron chi connectivity index (χ0n) is 15.6. The minimum Gasteiger partial charge on any atom is -0.481 e. The fraction of sp³-hybridized carbons (Fsp3) is 0.200. The standard InChI is InChI=1S/C20H20N2O6S/c1-13(27-16-6-4-15-5-9-19(23)28-18(15)12-16)20(24)22-11-10-14-2-7-17(8-3-14)29(21,25)26/h2-9,12-13H,10-11H2,1H3,(H,22,24)(H2,21,25,26). The quantitative estimate of drug-likeness (QED) is 0.563. The van der Waals surface area contributed by atoms with Crippen molar-refractivity contribution in [1.82, 2.24) is 5.32 Å². The van der Waals surface area contributed by atoms with E-state index in [1.54, 1.807) is 43.3 Å². The first-order chi connectivity index (χ1) is 13.7. The van der Waals surface area contributed by atoms with Gasteiger partial charge in [-0.15, -0.1) is 0 Å². The molecule has 0 bridgehead atoms. The number of hydrogen-bond donors (Lipinski definition) is 2. The molecule has 3 N–H and O–H groups in total. The second kappa shape index (κ2) is 8.46. The maximum atomic E-state index is 12.2. The first kappa shape index (κ1) is 20.6. The van der Waals surface area contributed by atoms with Gasteiger partial charge in [0.15, 0.2) is 6.10 Å². The van der Waals surface area contributed by atoms with E-state index in [2.05, 4.69) is 5.32 Å². The molecule has 8 nitrogen and oxygen atoms in total. The van der Waals surface area contributed by atoms with Crippen molar-refractivity contribution in [3.8, 4) is 5.75 Å². The van der Waals surface area contributed by atoms with Crippen LogP contribution in [-0.2, 0) is 21.2 Å². The highest BCUT2D eigenvalue weighted by Crippen LogP contribution is 2.20. The van der Waals surface area contributed by atoms with Crippen LogP contribution in [0.2, 0.25) is 0 Å². The highest BCUT2D eigenvalue weighted by Gasteiger charge is 2.15. The summed E-state index contributed by atoms with van der Waals surface area (Å²) >= 11 is 0. The number of fused-ring (bicyclic) bond motifs is 1. The molecule has 1 aromatic heterocycles. The highest BCUT2D eigenvalue weighted by molar-refractivity contribution is 7.89. The van der Waals surface area contributed by atoms with Crippen molar-refractivity contribution in [2.45, 2.75) is 24.3 Å². The van der Waals surface area contributed by atoms with Crippen molar-refractivity contribution in [3.05, 3.63) is 70.6 Å². The average molecular weight is 416 g/mol. The number of ether oxygens (including phenoxy) is 1. The van der Waals surface area contributed by atoms with Gasteiger partial charge in [-0.2, -0.15) is 0 Å². The molecule has 0 saturated heterocycles. The number of carbonyl (C=O) groups excluding carboxylic acids is 1. The molecule has 29 heavy (non-hydrogen) atoms. The number of rotatable bonds is 7. The van der Waals surface area contributed by atoms with Crippen molar-refractivity contribution >= 4 is 26.9 Å². The van der Waals surface area contributed by atoms with E-state index in [-0.39, 0.29) is 10.8 Å². The summed E-state index contributed by atoms with van der Waals surface area (Å²) in [6, 6.07) is 14.1. The Morgan fingerprint density at radius 3 is 2.52 bits per heavy atom. The Bertz CT molecular complexity index is 1190. The number of sulfonamides is 1. The molecule has 1 amide bonds. The monoisotopic (exact) mass is 416 g/mol. The van der Waals surface area contributed by atoms with Crippen molar-refractivity contribution in [2.75, 3.05) is 6.54 Å². The average Bonchev–Trinajstić information content (AvgIpc) is 2.67. The van der Waals surface area contributed by atoms with Gasteiger partial charge < -0.3 is 14.5 Å². The molecule has 3 rings (SSSR count). The second-order valence-corrected chi connectivity index (χ2v) is 8.01. The van der Waals surface area contributed by atoms with Gasteiger partial charge in [0, 0.05) is 24.1 Å². The van der Waals surface area contributed by atoms with Crippen molar-refractivity contribution in [2.24, 2.45) is 5.14 Å². The van der Waals surface area contributed by atoms with Gasteiger partial charge in [-0.1, -0.05) is 12.1 Å². The number of nitrogens with two attached hydrogens (primary N) is 1. The Morgan fingerprint density at radius 2 is 1.83 bits per heavy atom. The van der Waals surface area contributed by atoms with E-state index in [0.717, 1.165) is 10.9 Å². The van der Waals surface area contributed by atoms with Crippen LogP contribution in [0, 0.1) is 0 Å². The number of amides is 1. The van der Waals surface area contributed by atoms with E-state index in [4.69, 9.17) is 14.3 Å². The van der Waals surface area contributed by atoms with E-state index in [9.17, 15) is 18.0 Å². The first-order valence-electron chi connectivity index (χ1n) is 8.82. The first-order valence-corrected chi connectivity index (χ1v) is 10.4. The predicted molar refractivity (Wildman–Crippen MR) is 107 cm³/mol. The molecule has 152 valence electrons. The third-order valence-electron chi connectivity index (χ3n) is 4.24. The summed E-state index contributed by atoms with van der Waals surface area (Å²) in [6.45, 7) is 1.97. The summed E-state index contributed by atoms with van der Waals surface area (Å²) in [5, 5.41) is 8.58. The van der Waals surface area contributed by atoms with Crippen LogP contribution in [0.3, 0.4) is 0 Å².